The highest BCUT2D eigenvalue weighted by molar-refractivity contribution is 7.47. The molecule has 9 nitrogen and oxygen atoms in total. The van der Waals surface area contributed by atoms with Gasteiger partial charge in [-0.3, -0.25) is 18.6 Å². The Kier molecular flexibility index (Phi) is 39.5. The summed E-state index contributed by atoms with van der Waals surface area (Å²) >= 11 is 0. The Hall–Kier alpha value is -1.25. The molecule has 0 aliphatic rings. The number of carbonyl (C=O) groups is 2. The number of hydrogen-bond donors (Lipinski definition) is 2. The minimum absolute atomic E-state index is 0.0526. The quantitative estimate of drug-likeness (QED) is 0.0269. The fourth-order valence-corrected chi connectivity index (χ4v) is 7.11. The molecule has 0 radical (unpaired) electrons. The van der Waals surface area contributed by atoms with E-state index in [0.717, 1.165) is 32.1 Å². The van der Waals surface area contributed by atoms with Gasteiger partial charge in [0.15, 0.2) is 6.10 Å². The van der Waals surface area contributed by atoms with Gasteiger partial charge in [-0.15, -0.1) is 0 Å². The summed E-state index contributed by atoms with van der Waals surface area (Å²) in [4.78, 5) is 34.8. The van der Waals surface area contributed by atoms with Crippen LogP contribution < -0.4 is 5.73 Å². The number of unbranched alkanes of at least 4 members (excludes halogenated alkanes) is 27. The first-order valence-electron chi connectivity index (χ1n) is 22.2. The summed E-state index contributed by atoms with van der Waals surface area (Å²) in [7, 11) is -4.38. The maximum atomic E-state index is 12.6. The van der Waals surface area contributed by atoms with Crippen LogP contribution in [0.3, 0.4) is 0 Å². The van der Waals surface area contributed by atoms with E-state index in [1.807, 2.05) is 0 Å². The number of carbonyl (C=O) groups excluding carboxylic acids is 2. The van der Waals surface area contributed by atoms with E-state index in [1.165, 1.54) is 154 Å². The molecule has 53 heavy (non-hydrogen) atoms. The smallest absolute Gasteiger partial charge is 0.462 e. The number of nitrogens with two attached hydrogens (primary N) is 1. The van der Waals surface area contributed by atoms with Crippen LogP contribution >= 0.6 is 7.82 Å². The lowest BCUT2D eigenvalue weighted by Crippen LogP contribution is -2.29. The highest BCUT2D eigenvalue weighted by atomic mass is 31.2. The summed E-state index contributed by atoms with van der Waals surface area (Å²) in [5.74, 6) is -0.854. The second-order valence-corrected chi connectivity index (χ2v) is 16.4. The Morgan fingerprint density at radius 2 is 0.943 bits per heavy atom. The zero-order valence-corrected chi connectivity index (χ0v) is 35.4. The third-order valence-corrected chi connectivity index (χ3v) is 10.6. The average Bonchev–Trinajstić information content (AvgIpc) is 3.14. The third-order valence-electron chi connectivity index (χ3n) is 9.65. The van der Waals surface area contributed by atoms with Gasteiger partial charge >= 0.3 is 19.8 Å². The lowest BCUT2D eigenvalue weighted by atomic mass is 10.0. The van der Waals surface area contributed by atoms with Gasteiger partial charge in [0.05, 0.1) is 13.2 Å². The van der Waals surface area contributed by atoms with Crippen molar-refractivity contribution in [2.24, 2.45) is 5.73 Å². The molecule has 0 rings (SSSR count). The Morgan fingerprint density at radius 1 is 0.547 bits per heavy atom. The van der Waals surface area contributed by atoms with Crippen LogP contribution in [0.2, 0.25) is 0 Å². The van der Waals surface area contributed by atoms with Crippen LogP contribution in [0.5, 0.6) is 0 Å². The van der Waals surface area contributed by atoms with Crippen LogP contribution in [0.1, 0.15) is 219 Å². The molecule has 0 saturated heterocycles. The fourth-order valence-electron chi connectivity index (χ4n) is 6.35. The van der Waals surface area contributed by atoms with Crippen molar-refractivity contribution < 1.29 is 37.6 Å². The van der Waals surface area contributed by atoms with Gasteiger partial charge in [0, 0.05) is 19.4 Å². The van der Waals surface area contributed by atoms with E-state index in [-0.39, 0.29) is 38.6 Å². The molecule has 0 aromatic heterocycles. The van der Waals surface area contributed by atoms with Crippen molar-refractivity contribution in [3.8, 4) is 0 Å². The predicted octanol–water partition coefficient (Wildman–Crippen LogP) is 12.6. The van der Waals surface area contributed by atoms with Gasteiger partial charge in [-0.05, 0) is 32.1 Å². The Morgan fingerprint density at radius 3 is 1.40 bits per heavy atom. The van der Waals surface area contributed by atoms with Gasteiger partial charge in [0.25, 0.3) is 0 Å². The maximum absolute atomic E-state index is 12.6. The van der Waals surface area contributed by atoms with E-state index in [9.17, 15) is 19.0 Å². The second-order valence-electron chi connectivity index (χ2n) is 14.9. The minimum Gasteiger partial charge on any atom is -0.462 e. The fraction of sp³-hybridized carbons (Fsp3) is 0.907. The van der Waals surface area contributed by atoms with Gasteiger partial charge in [0.2, 0.25) is 0 Å². The van der Waals surface area contributed by atoms with Crippen molar-refractivity contribution >= 4 is 19.8 Å². The number of phosphoric acid groups is 1. The summed E-state index contributed by atoms with van der Waals surface area (Å²) in [6.07, 6.45) is 41.0. The maximum Gasteiger partial charge on any atom is 0.472 e. The molecule has 3 N–H and O–H groups in total. The van der Waals surface area contributed by atoms with Crippen LogP contribution in [0.15, 0.2) is 12.2 Å². The number of hydrogen-bond acceptors (Lipinski definition) is 8. The second kappa shape index (κ2) is 40.4. The number of phosphoric ester groups is 1. The standard InChI is InChI=1S/C43H84NO8P/c1-3-5-7-9-11-13-15-17-19-20-22-24-26-28-30-32-34-36-43(46)52-41(40-51-53(47,48)50-38-37-44)39-49-42(45)35-33-31-29-27-25-23-21-18-16-14-12-10-8-6-4-2/h28,30,41H,3-27,29,31-40,44H2,1-2H3,(H,47,48)/b30-28-/t41-/m1/s1. The molecular weight excluding hydrogens is 689 g/mol. The van der Waals surface area contributed by atoms with E-state index >= 15 is 0 Å². The number of rotatable bonds is 42. The topological polar surface area (TPSA) is 134 Å². The van der Waals surface area contributed by atoms with Crippen molar-refractivity contribution in [1.29, 1.82) is 0 Å². The zero-order valence-electron chi connectivity index (χ0n) is 34.5. The van der Waals surface area contributed by atoms with Crippen molar-refractivity contribution in [2.75, 3.05) is 26.4 Å². The lowest BCUT2D eigenvalue weighted by Gasteiger charge is -2.19. The van der Waals surface area contributed by atoms with Gasteiger partial charge in [-0.1, -0.05) is 187 Å². The van der Waals surface area contributed by atoms with Crippen LogP contribution in [0.25, 0.3) is 0 Å². The van der Waals surface area contributed by atoms with Crippen molar-refractivity contribution in [3.63, 3.8) is 0 Å². The van der Waals surface area contributed by atoms with E-state index in [2.05, 4.69) is 26.0 Å². The number of allylic oxidation sites excluding steroid dienone is 2. The molecule has 0 heterocycles. The Bertz CT molecular complexity index is 886. The van der Waals surface area contributed by atoms with Gasteiger partial charge in [-0.2, -0.15) is 0 Å². The van der Waals surface area contributed by atoms with Gasteiger partial charge in [-0.25, -0.2) is 4.57 Å². The van der Waals surface area contributed by atoms with E-state index in [1.54, 1.807) is 0 Å². The molecule has 0 amide bonds. The summed E-state index contributed by atoms with van der Waals surface area (Å²) in [6, 6.07) is 0. The highest BCUT2D eigenvalue weighted by Crippen LogP contribution is 2.43. The largest absolute Gasteiger partial charge is 0.472 e. The summed E-state index contributed by atoms with van der Waals surface area (Å²) in [5, 5.41) is 0. The summed E-state index contributed by atoms with van der Waals surface area (Å²) < 4.78 is 32.7. The first-order chi connectivity index (χ1) is 25.8. The number of esters is 2. The van der Waals surface area contributed by atoms with E-state index in [0.29, 0.717) is 6.42 Å². The van der Waals surface area contributed by atoms with Crippen LogP contribution in [-0.4, -0.2) is 49.3 Å². The SMILES string of the molecule is CCCCCCCCCCCCCC/C=C\CCCC(=O)O[C@H](COC(=O)CCCCCCCCCCCCCCCCC)COP(=O)(O)OCCN. The van der Waals surface area contributed by atoms with E-state index < -0.39 is 26.5 Å². The molecule has 0 aromatic rings. The van der Waals surface area contributed by atoms with Gasteiger partial charge in [0.1, 0.15) is 6.61 Å². The first kappa shape index (κ1) is 51.8. The molecule has 0 saturated carbocycles. The van der Waals surface area contributed by atoms with Gasteiger partial charge < -0.3 is 20.1 Å². The third kappa shape index (κ3) is 40.2. The summed E-state index contributed by atoms with van der Waals surface area (Å²) in [5.41, 5.74) is 5.35. The molecule has 0 aromatic carbocycles. The van der Waals surface area contributed by atoms with Crippen molar-refractivity contribution in [2.45, 2.75) is 225 Å². The molecule has 0 bridgehead atoms. The predicted molar refractivity (Wildman–Crippen MR) is 220 cm³/mol. The molecule has 0 aliphatic carbocycles. The van der Waals surface area contributed by atoms with Crippen LogP contribution in [0.4, 0.5) is 0 Å². The van der Waals surface area contributed by atoms with Crippen molar-refractivity contribution in [3.05, 3.63) is 12.2 Å². The summed E-state index contributed by atoms with van der Waals surface area (Å²) in [6.45, 7) is 3.73. The monoisotopic (exact) mass is 774 g/mol. The number of ether oxygens (including phenoxy) is 2. The lowest BCUT2D eigenvalue weighted by molar-refractivity contribution is -0.161. The zero-order chi connectivity index (χ0) is 38.9. The Balaban J connectivity index is 4.14. The average molecular weight is 774 g/mol. The van der Waals surface area contributed by atoms with Crippen molar-refractivity contribution in [1.82, 2.24) is 0 Å². The molecule has 314 valence electrons. The molecule has 2 atom stereocenters. The molecule has 10 heteroatoms. The molecular formula is C43H84NO8P. The molecule has 0 aliphatic heterocycles. The molecule has 0 spiro atoms. The molecule has 0 fully saturated rings. The molecule has 1 unspecified atom stereocenters. The van der Waals surface area contributed by atoms with Crippen LogP contribution in [-0.2, 0) is 32.7 Å². The normalized spacial score (nSPS) is 13.4. The highest BCUT2D eigenvalue weighted by Gasteiger charge is 2.26. The van der Waals surface area contributed by atoms with E-state index in [4.69, 9.17) is 24.3 Å². The first-order valence-corrected chi connectivity index (χ1v) is 23.7. The minimum atomic E-state index is -4.38. The Labute approximate surface area is 326 Å². The van der Waals surface area contributed by atoms with Crippen LogP contribution in [0, 0.1) is 0 Å².